The minimum atomic E-state index is -0.419. The fourth-order valence-electron chi connectivity index (χ4n) is 2.95. The van der Waals surface area contributed by atoms with Crippen molar-refractivity contribution >= 4 is 5.97 Å². The van der Waals surface area contributed by atoms with Crippen molar-refractivity contribution in [3.05, 3.63) is 0 Å². The number of hydrogen-bond acceptors (Lipinski definition) is 6. The third kappa shape index (κ3) is 10.8. The van der Waals surface area contributed by atoms with Crippen LogP contribution in [-0.2, 0) is 9.53 Å². The SMILES string of the molecule is CC(C)(C)OC(=O)CN1CCCNCCN(C(C)(C)C)CCNCC1. The van der Waals surface area contributed by atoms with Crippen molar-refractivity contribution in [3.63, 3.8) is 0 Å². The number of nitrogens with zero attached hydrogens (tertiary/aromatic N) is 2. The lowest BCUT2D eigenvalue weighted by Crippen LogP contribution is -2.47. The molecule has 1 heterocycles. The fourth-order valence-corrected chi connectivity index (χ4v) is 2.95. The second-order valence-corrected chi connectivity index (χ2v) is 8.87. The molecule has 1 rings (SSSR count). The van der Waals surface area contributed by atoms with Gasteiger partial charge in [-0.15, -0.1) is 0 Å². The van der Waals surface area contributed by atoms with Gasteiger partial charge in [0.25, 0.3) is 0 Å². The van der Waals surface area contributed by atoms with Crippen LogP contribution >= 0.6 is 0 Å². The van der Waals surface area contributed by atoms with E-state index in [1.807, 2.05) is 20.8 Å². The molecular weight excluding hydrogens is 316 g/mol. The lowest BCUT2D eigenvalue weighted by molar-refractivity contribution is -0.156. The maximum absolute atomic E-state index is 12.1. The lowest BCUT2D eigenvalue weighted by Gasteiger charge is -2.35. The van der Waals surface area contributed by atoms with Crippen molar-refractivity contribution < 1.29 is 9.53 Å². The van der Waals surface area contributed by atoms with E-state index in [2.05, 4.69) is 41.2 Å². The van der Waals surface area contributed by atoms with Crippen LogP contribution in [0.5, 0.6) is 0 Å². The Morgan fingerprint density at radius 3 is 2.00 bits per heavy atom. The molecule has 1 saturated heterocycles. The predicted molar refractivity (Wildman–Crippen MR) is 104 cm³/mol. The summed E-state index contributed by atoms with van der Waals surface area (Å²) in [6, 6.07) is 0. The van der Waals surface area contributed by atoms with E-state index in [-0.39, 0.29) is 11.5 Å². The van der Waals surface area contributed by atoms with Gasteiger partial charge in [0, 0.05) is 44.8 Å². The third-order valence-electron chi connectivity index (χ3n) is 4.27. The lowest BCUT2D eigenvalue weighted by atomic mass is 10.1. The number of esters is 1. The highest BCUT2D eigenvalue weighted by Crippen LogP contribution is 2.11. The average Bonchev–Trinajstić information content (AvgIpc) is 2.45. The van der Waals surface area contributed by atoms with Crippen molar-refractivity contribution in [3.8, 4) is 0 Å². The Bertz CT molecular complexity index is 388. The molecule has 0 amide bonds. The first kappa shape index (κ1) is 22.4. The zero-order valence-corrected chi connectivity index (χ0v) is 17.3. The molecule has 0 aromatic carbocycles. The third-order valence-corrected chi connectivity index (χ3v) is 4.27. The molecule has 6 nitrogen and oxygen atoms in total. The van der Waals surface area contributed by atoms with Crippen molar-refractivity contribution in [1.82, 2.24) is 20.4 Å². The van der Waals surface area contributed by atoms with E-state index < -0.39 is 5.60 Å². The summed E-state index contributed by atoms with van der Waals surface area (Å²) in [5.74, 6) is -0.135. The Morgan fingerprint density at radius 2 is 1.44 bits per heavy atom. The maximum atomic E-state index is 12.1. The molecule has 0 spiro atoms. The monoisotopic (exact) mass is 356 g/mol. The summed E-state index contributed by atoms with van der Waals surface area (Å²) in [7, 11) is 0. The molecule has 0 atom stereocenters. The number of carbonyl (C=O) groups excluding carboxylic acids is 1. The molecule has 0 unspecified atom stereocenters. The van der Waals surface area contributed by atoms with Gasteiger partial charge in [0.15, 0.2) is 0 Å². The van der Waals surface area contributed by atoms with E-state index in [1.165, 1.54) is 0 Å². The fraction of sp³-hybridized carbons (Fsp3) is 0.947. The molecule has 0 aliphatic carbocycles. The van der Waals surface area contributed by atoms with Gasteiger partial charge in [-0.1, -0.05) is 0 Å². The summed E-state index contributed by atoms with van der Waals surface area (Å²) in [5.41, 5.74) is -0.232. The highest BCUT2D eigenvalue weighted by Gasteiger charge is 2.21. The molecule has 0 aromatic heterocycles. The molecule has 0 radical (unpaired) electrons. The highest BCUT2D eigenvalue weighted by atomic mass is 16.6. The molecule has 0 saturated carbocycles. The van der Waals surface area contributed by atoms with Gasteiger partial charge in [-0.25, -0.2) is 0 Å². The summed E-state index contributed by atoms with van der Waals surface area (Å²) >= 11 is 0. The van der Waals surface area contributed by atoms with Crippen LogP contribution in [0.3, 0.4) is 0 Å². The van der Waals surface area contributed by atoms with Crippen molar-refractivity contribution in [2.75, 3.05) is 58.9 Å². The van der Waals surface area contributed by atoms with Gasteiger partial charge in [-0.2, -0.15) is 0 Å². The standard InChI is InChI=1S/C19H40N4O2/c1-18(2,3)23-14-10-20-8-7-12-22(13-9-21-11-15-23)16-17(24)25-19(4,5)6/h20-21H,7-16H2,1-6H3. The van der Waals surface area contributed by atoms with E-state index in [0.717, 1.165) is 58.8 Å². The second kappa shape index (κ2) is 10.5. The zero-order chi connectivity index (χ0) is 18.9. The topological polar surface area (TPSA) is 56.8 Å². The minimum absolute atomic E-state index is 0.135. The van der Waals surface area contributed by atoms with Crippen molar-refractivity contribution in [1.29, 1.82) is 0 Å². The molecule has 1 aliphatic rings. The van der Waals surface area contributed by atoms with Crippen LogP contribution in [0.15, 0.2) is 0 Å². The summed E-state index contributed by atoms with van der Waals surface area (Å²) < 4.78 is 5.46. The first-order valence-corrected chi connectivity index (χ1v) is 9.68. The van der Waals surface area contributed by atoms with Crippen LogP contribution in [0.25, 0.3) is 0 Å². The Balaban J connectivity index is 2.50. The van der Waals surface area contributed by atoms with Crippen LogP contribution in [-0.4, -0.2) is 85.8 Å². The molecule has 2 N–H and O–H groups in total. The number of ether oxygens (including phenoxy) is 1. The van der Waals surface area contributed by atoms with Gasteiger partial charge in [-0.3, -0.25) is 14.6 Å². The van der Waals surface area contributed by atoms with Gasteiger partial charge in [-0.05, 0) is 61.1 Å². The van der Waals surface area contributed by atoms with Gasteiger partial charge in [0.1, 0.15) is 5.60 Å². The highest BCUT2D eigenvalue weighted by molar-refractivity contribution is 5.72. The van der Waals surface area contributed by atoms with Crippen molar-refractivity contribution in [2.45, 2.75) is 59.1 Å². The quantitative estimate of drug-likeness (QED) is 0.728. The first-order valence-electron chi connectivity index (χ1n) is 9.68. The number of carbonyl (C=O) groups is 1. The van der Waals surface area contributed by atoms with E-state index in [4.69, 9.17) is 4.74 Å². The number of hydrogen-bond donors (Lipinski definition) is 2. The molecule has 1 fully saturated rings. The number of nitrogens with one attached hydrogen (secondary N) is 2. The summed E-state index contributed by atoms with van der Waals surface area (Å²) in [6.07, 6.45) is 1.04. The normalized spacial score (nSPS) is 21.0. The summed E-state index contributed by atoms with van der Waals surface area (Å²) in [5, 5.41) is 7.05. The van der Waals surface area contributed by atoms with E-state index >= 15 is 0 Å². The van der Waals surface area contributed by atoms with E-state index in [0.29, 0.717) is 6.54 Å². The second-order valence-electron chi connectivity index (χ2n) is 8.87. The average molecular weight is 357 g/mol. The molecule has 6 heteroatoms. The molecule has 148 valence electrons. The van der Waals surface area contributed by atoms with Gasteiger partial charge >= 0.3 is 5.97 Å². The van der Waals surface area contributed by atoms with Gasteiger partial charge in [0.2, 0.25) is 0 Å². The van der Waals surface area contributed by atoms with Gasteiger partial charge < -0.3 is 15.4 Å². The summed E-state index contributed by atoms with van der Waals surface area (Å²) in [4.78, 5) is 16.8. The predicted octanol–water partition coefficient (Wildman–Crippen LogP) is 1.31. The molecular formula is C19H40N4O2. The number of rotatable bonds is 2. The van der Waals surface area contributed by atoms with E-state index in [1.54, 1.807) is 0 Å². The van der Waals surface area contributed by atoms with E-state index in [9.17, 15) is 4.79 Å². The van der Waals surface area contributed by atoms with Crippen LogP contribution < -0.4 is 10.6 Å². The van der Waals surface area contributed by atoms with Gasteiger partial charge in [0.05, 0.1) is 6.54 Å². The Kier molecular flexibility index (Phi) is 9.35. The minimum Gasteiger partial charge on any atom is -0.459 e. The largest absolute Gasteiger partial charge is 0.459 e. The molecule has 25 heavy (non-hydrogen) atoms. The Hall–Kier alpha value is -0.690. The molecule has 0 aromatic rings. The van der Waals surface area contributed by atoms with Crippen LogP contribution in [0, 0.1) is 0 Å². The Morgan fingerprint density at radius 1 is 0.880 bits per heavy atom. The summed E-state index contributed by atoms with van der Waals surface area (Å²) in [6.45, 7) is 20.7. The van der Waals surface area contributed by atoms with Crippen LogP contribution in [0.2, 0.25) is 0 Å². The zero-order valence-electron chi connectivity index (χ0n) is 17.3. The first-order chi connectivity index (χ1) is 11.6. The van der Waals surface area contributed by atoms with Crippen molar-refractivity contribution in [2.24, 2.45) is 0 Å². The molecule has 0 bridgehead atoms. The Labute approximate surface area is 154 Å². The molecule has 1 aliphatic heterocycles. The van der Waals surface area contributed by atoms with Crippen LogP contribution in [0.1, 0.15) is 48.0 Å². The smallest absolute Gasteiger partial charge is 0.320 e. The maximum Gasteiger partial charge on any atom is 0.320 e. The van der Waals surface area contributed by atoms with Crippen LogP contribution in [0.4, 0.5) is 0 Å².